The Labute approximate surface area is 138 Å². The van der Waals surface area contributed by atoms with Crippen LogP contribution in [0.3, 0.4) is 0 Å². The lowest BCUT2D eigenvalue weighted by Gasteiger charge is -2.06. The second-order valence-corrected chi connectivity index (χ2v) is 5.50. The lowest BCUT2D eigenvalue weighted by atomic mass is 10.1. The summed E-state index contributed by atoms with van der Waals surface area (Å²) < 4.78 is 0. The maximum absolute atomic E-state index is 5.79. The summed E-state index contributed by atoms with van der Waals surface area (Å²) in [5.74, 6) is 1.11. The second-order valence-electron chi connectivity index (χ2n) is 5.50. The molecule has 0 fully saturated rings. The number of H-pyrrole nitrogens is 1. The van der Waals surface area contributed by atoms with Crippen molar-refractivity contribution in [1.82, 2.24) is 20.2 Å². The number of fused-ring (bicyclic) bond motifs is 1. The van der Waals surface area contributed by atoms with Crippen LogP contribution in [-0.2, 0) is 6.54 Å². The molecule has 0 saturated heterocycles. The topological polar surface area (TPSA) is 92.5 Å². The van der Waals surface area contributed by atoms with Crippen molar-refractivity contribution in [3.63, 3.8) is 0 Å². The number of nitrogens with one attached hydrogen (secondary N) is 2. The molecule has 0 atom stereocenters. The Morgan fingerprint density at radius 2 is 1.75 bits per heavy atom. The second kappa shape index (κ2) is 6.00. The van der Waals surface area contributed by atoms with Gasteiger partial charge in [-0.3, -0.25) is 5.10 Å². The van der Waals surface area contributed by atoms with Gasteiger partial charge in [0.2, 0.25) is 5.95 Å². The van der Waals surface area contributed by atoms with Crippen LogP contribution in [0, 0.1) is 0 Å². The van der Waals surface area contributed by atoms with Crippen LogP contribution in [0.2, 0.25) is 0 Å². The van der Waals surface area contributed by atoms with Crippen molar-refractivity contribution in [2.45, 2.75) is 6.54 Å². The molecular weight excluding hydrogens is 300 g/mol. The van der Waals surface area contributed by atoms with Gasteiger partial charge in [0, 0.05) is 29.9 Å². The fourth-order valence-corrected chi connectivity index (χ4v) is 2.57. The summed E-state index contributed by atoms with van der Waals surface area (Å²) >= 11 is 0. The number of rotatable bonds is 4. The molecular formula is C18H16N6. The third kappa shape index (κ3) is 2.77. The van der Waals surface area contributed by atoms with Crippen LogP contribution in [-0.4, -0.2) is 20.2 Å². The molecule has 4 rings (SSSR count). The van der Waals surface area contributed by atoms with Crippen LogP contribution in [0.15, 0.2) is 60.9 Å². The predicted molar refractivity (Wildman–Crippen MR) is 95.3 cm³/mol. The molecule has 0 aliphatic heterocycles. The van der Waals surface area contributed by atoms with Gasteiger partial charge in [-0.15, -0.1) is 0 Å². The zero-order chi connectivity index (χ0) is 16.4. The van der Waals surface area contributed by atoms with E-state index in [-0.39, 0.29) is 0 Å². The summed E-state index contributed by atoms with van der Waals surface area (Å²) in [4.78, 5) is 8.77. The normalized spacial score (nSPS) is 10.8. The Morgan fingerprint density at radius 1 is 0.958 bits per heavy atom. The highest BCUT2D eigenvalue weighted by atomic mass is 15.1. The van der Waals surface area contributed by atoms with Crippen molar-refractivity contribution in [3.8, 4) is 11.1 Å². The summed E-state index contributed by atoms with van der Waals surface area (Å²) in [6.45, 7) is 0.694. The van der Waals surface area contributed by atoms with Gasteiger partial charge in [-0.1, -0.05) is 36.4 Å². The molecule has 0 radical (unpaired) electrons. The first-order chi connectivity index (χ1) is 11.8. The summed E-state index contributed by atoms with van der Waals surface area (Å²) in [6, 6.07) is 16.1. The molecule has 2 heterocycles. The van der Waals surface area contributed by atoms with Crippen LogP contribution in [0.4, 0.5) is 11.8 Å². The van der Waals surface area contributed by atoms with Crippen LogP contribution in [0.1, 0.15) is 5.56 Å². The largest absolute Gasteiger partial charge is 0.382 e. The molecule has 0 aliphatic carbocycles. The highest BCUT2D eigenvalue weighted by Crippen LogP contribution is 2.25. The van der Waals surface area contributed by atoms with Crippen molar-refractivity contribution >= 4 is 22.7 Å². The van der Waals surface area contributed by atoms with E-state index in [1.165, 1.54) is 5.56 Å². The lowest BCUT2D eigenvalue weighted by molar-refractivity contribution is 1.06. The molecule has 24 heavy (non-hydrogen) atoms. The standard InChI is InChI=1S/C18H16N6/c19-17-15-7-6-13(8-16(15)23-24-17)14-10-21-18(22-11-14)20-9-12-4-2-1-3-5-12/h1-8,10-11H,9H2,(H3,19,23,24)(H,20,21,22). The Morgan fingerprint density at radius 3 is 2.54 bits per heavy atom. The number of anilines is 2. The molecule has 0 unspecified atom stereocenters. The monoisotopic (exact) mass is 316 g/mol. The molecule has 0 bridgehead atoms. The third-order valence-electron chi connectivity index (χ3n) is 3.87. The van der Waals surface area contributed by atoms with E-state index >= 15 is 0 Å². The maximum Gasteiger partial charge on any atom is 0.222 e. The van der Waals surface area contributed by atoms with Crippen molar-refractivity contribution in [2.24, 2.45) is 0 Å². The minimum absolute atomic E-state index is 0.508. The van der Waals surface area contributed by atoms with E-state index < -0.39 is 0 Å². The number of benzene rings is 2. The van der Waals surface area contributed by atoms with E-state index in [0.29, 0.717) is 18.3 Å². The first-order valence-electron chi connectivity index (χ1n) is 7.63. The van der Waals surface area contributed by atoms with Gasteiger partial charge >= 0.3 is 0 Å². The third-order valence-corrected chi connectivity index (χ3v) is 3.87. The highest BCUT2D eigenvalue weighted by molar-refractivity contribution is 5.91. The van der Waals surface area contributed by atoms with Gasteiger partial charge in [0.25, 0.3) is 0 Å². The Kier molecular flexibility index (Phi) is 3.55. The minimum Gasteiger partial charge on any atom is -0.382 e. The van der Waals surface area contributed by atoms with Gasteiger partial charge < -0.3 is 11.1 Å². The summed E-state index contributed by atoms with van der Waals surface area (Å²) in [7, 11) is 0. The Bertz CT molecular complexity index is 960. The van der Waals surface area contributed by atoms with Gasteiger partial charge in [0.1, 0.15) is 0 Å². The average Bonchev–Trinajstić information content (AvgIpc) is 3.02. The van der Waals surface area contributed by atoms with E-state index in [4.69, 9.17) is 5.73 Å². The first-order valence-corrected chi connectivity index (χ1v) is 7.63. The van der Waals surface area contributed by atoms with Gasteiger partial charge in [-0.25, -0.2) is 9.97 Å². The van der Waals surface area contributed by atoms with Crippen LogP contribution < -0.4 is 11.1 Å². The fourth-order valence-electron chi connectivity index (χ4n) is 2.57. The van der Waals surface area contributed by atoms with Crippen LogP contribution in [0.25, 0.3) is 22.0 Å². The molecule has 2 aromatic carbocycles. The van der Waals surface area contributed by atoms with Gasteiger partial charge in [-0.2, -0.15) is 5.10 Å². The summed E-state index contributed by atoms with van der Waals surface area (Å²) in [5.41, 5.74) is 9.83. The quantitative estimate of drug-likeness (QED) is 0.537. The van der Waals surface area contributed by atoms with Crippen molar-refractivity contribution in [1.29, 1.82) is 0 Å². The number of nitrogens with zero attached hydrogens (tertiary/aromatic N) is 3. The molecule has 0 spiro atoms. The van der Waals surface area contributed by atoms with E-state index in [1.54, 1.807) is 12.4 Å². The van der Waals surface area contributed by atoms with Gasteiger partial charge in [-0.05, 0) is 23.3 Å². The number of nitrogen functional groups attached to an aromatic ring is 1. The number of aromatic nitrogens is 4. The van der Waals surface area contributed by atoms with Crippen molar-refractivity contribution in [3.05, 3.63) is 66.5 Å². The Hall–Kier alpha value is -3.41. The van der Waals surface area contributed by atoms with Gasteiger partial charge in [0.05, 0.1) is 5.52 Å². The first kappa shape index (κ1) is 14.2. The zero-order valence-corrected chi connectivity index (χ0v) is 12.9. The minimum atomic E-state index is 0.508. The smallest absolute Gasteiger partial charge is 0.222 e. The van der Waals surface area contributed by atoms with Crippen LogP contribution >= 0.6 is 0 Å². The van der Waals surface area contributed by atoms with E-state index in [9.17, 15) is 0 Å². The molecule has 0 saturated carbocycles. The van der Waals surface area contributed by atoms with Crippen molar-refractivity contribution < 1.29 is 0 Å². The fraction of sp³-hybridized carbons (Fsp3) is 0.0556. The summed E-state index contributed by atoms with van der Waals surface area (Å²) in [5, 5.41) is 11.1. The molecule has 6 heteroatoms. The SMILES string of the molecule is Nc1n[nH]c2cc(-c3cnc(NCc4ccccc4)nc3)ccc12. The average molecular weight is 316 g/mol. The maximum atomic E-state index is 5.79. The van der Waals surface area contributed by atoms with E-state index in [1.807, 2.05) is 36.4 Å². The Balaban J connectivity index is 1.52. The highest BCUT2D eigenvalue weighted by Gasteiger charge is 2.05. The lowest BCUT2D eigenvalue weighted by Crippen LogP contribution is -2.03. The predicted octanol–water partition coefficient (Wildman–Crippen LogP) is 3.21. The van der Waals surface area contributed by atoms with Crippen molar-refractivity contribution in [2.75, 3.05) is 11.1 Å². The molecule has 0 aliphatic rings. The van der Waals surface area contributed by atoms with Gasteiger partial charge in [0.15, 0.2) is 5.82 Å². The molecule has 4 aromatic rings. The molecule has 0 amide bonds. The zero-order valence-electron chi connectivity index (χ0n) is 12.9. The molecule has 118 valence electrons. The van der Waals surface area contributed by atoms with E-state index in [2.05, 4.69) is 37.6 Å². The van der Waals surface area contributed by atoms with E-state index in [0.717, 1.165) is 22.0 Å². The molecule has 6 nitrogen and oxygen atoms in total. The number of hydrogen-bond donors (Lipinski definition) is 3. The molecule has 4 N–H and O–H groups in total. The summed E-state index contributed by atoms with van der Waals surface area (Å²) in [6.07, 6.45) is 3.61. The number of hydrogen-bond acceptors (Lipinski definition) is 5. The molecule has 2 aromatic heterocycles. The number of aromatic amines is 1. The number of nitrogens with two attached hydrogens (primary N) is 1. The van der Waals surface area contributed by atoms with Crippen LogP contribution in [0.5, 0.6) is 0 Å².